The Morgan fingerprint density at radius 2 is 1.67 bits per heavy atom. The lowest BCUT2D eigenvalue weighted by Crippen LogP contribution is -2.63. The Labute approximate surface area is 230 Å². The van der Waals surface area contributed by atoms with Gasteiger partial charge in [-0.25, -0.2) is 4.79 Å². The smallest absolute Gasteiger partial charge is 0.341 e. The van der Waals surface area contributed by atoms with Crippen LogP contribution in [-0.2, 0) is 17.6 Å². The molecule has 39 heavy (non-hydrogen) atoms. The van der Waals surface area contributed by atoms with Crippen molar-refractivity contribution < 1.29 is 24.5 Å². The Morgan fingerprint density at radius 3 is 2.23 bits per heavy atom. The maximum absolute atomic E-state index is 13.9. The van der Waals surface area contributed by atoms with E-state index in [0.717, 1.165) is 40.8 Å². The lowest BCUT2D eigenvalue weighted by molar-refractivity contribution is 0.0457. The van der Waals surface area contributed by atoms with Gasteiger partial charge in [-0.1, -0.05) is 48.5 Å². The predicted octanol–water partition coefficient (Wildman–Crippen LogP) is 3.26. The Balaban J connectivity index is 1.86. The number of amides is 1. The van der Waals surface area contributed by atoms with Crippen molar-refractivity contribution in [2.24, 2.45) is 0 Å². The highest BCUT2D eigenvalue weighted by atomic mass is 32.2. The van der Waals surface area contributed by atoms with Crippen molar-refractivity contribution in [1.82, 2.24) is 9.58 Å². The zero-order valence-electron chi connectivity index (χ0n) is 21.9. The number of methoxy groups -OCH3 is 1. The fourth-order valence-electron chi connectivity index (χ4n) is 5.71. The van der Waals surface area contributed by atoms with E-state index >= 15 is 0 Å². The minimum Gasteiger partial charge on any atom is -0.502 e. The molecule has 2 aliphatic rings. The number of carbonyl (C=O) groups excluding carboxylic acids is 1. The molecule has 1 aliphatic heterocycles. The van der Waals surface area contributed by atoms with E-state index in [1.807, 2.05) is 35.5 Å². The normalized spacial score (nSPS) is 16.9. The highest BCUT2D eigenvalue weighted by Crippen LogP contribution is 2.40. The van der Waals surface area contributed by atoms with Crippen molar-refractivity contribution in [3.8, 4) is 5.75 Å². The molecule has 9 nitrogen and oxygen atoms in total. The number of aromatic nitrogens is 1. The molecule has 1 aromatic heterocycles. The first-order chi connectivity index (χ1) is 18.9. The number of rotatable bonds is 8. The molecule has 0 saturated carbocycles. The molecular weight excluding hydrogens is 518 g/mol. The van der Waals surface area contributed by atoms with Gasteiger partial charge in [-0.05, 0) is 53.5 Å². The van der Waals surface area contributed by atoms with Gasteiger partial charge < -0.3 is 19.8 Å². The van der Waals surface area contributed by atoms with Crippen LogP contribution in [0.25, 0.3) is 0 Å². The molecule has 204 valence electrons. The van der Waals surface area contributed by atoms with Gasteiger partial charge in [0.2, 0.25) is 5.43 Å². The molecule has 1 unspecified atom stereocenters. The van der Waals surface area contributed by atoms with Crippen molar-refractivity contribution in [1.29, 1.82) is 0 Å². The van der Waals surface area contributed by atoms with Gasteiger partial charge in [0.05, 0.1) is 12.6 Å². The zero-order chi connectivity index (χ0) is 27.7. The van der Waals surface area contributed by atoms with Gasteiger partial charge >= 0.3 is 5.97 Å². The molecule has 2 aromatic carbocycles. The second kappa shape index (κ2) is 11.2. The highest BCUT2D eigenvalue weighted by Gasteiger charge is 2.44. The van der Waals surface area contributed by atoms with Crippen molar-refractivity contribution in [3.63, 3.8) is 0 Å². The summed E-state index contributed by atoms with van der Waals surface area (Å²) in [4.78, 5) is 40.5. The number of pyridine rings is 1. The first-order valence-electron chi connectivity index (χ1n) is 12.8. The van der Waals surface area contributed by atoms with E-state index in [-0.39, 0.29) is 18.8 Å². The first kappa shape index (κ1) is 26.8. The van der Waals surface area contributed by atoms with Gasteiger partial charge in [0.25, 0.3) is 5.91 Å². The number of aromatic carboxylic acids is 1. The average molecular weight is 550 g/mol. The summed E-state index contributed by atoms with van der Waals surface area (Å²) < 4.78 is 6.74. The van der Waals surface area contributed by atoms with Gasteiger partial charge in [0.1, 0.15) is 11.7 Å². The molecule has 10 heteroatoms. The number of thioether (sulfide) groups is 1. The lowest BCUT2D eigenvalue weighted by atomic mass is 9.93. The molecule has 2 heterocycles. The molecule has 5 rings (SSSR count). The molecule has 0 fully saturated rings. The molecule has 0 radical (unpaired) electrons. The standard InChI is InChI=1S/C29H31N3O6S/c1-38-15-14-30-23(13-16-39-2)32(31-17-22(29(36)37)26(33)27(34)25(31)28(30)35)24-20-9-5-3-7-18(20)11-12-19-8-4-6-10-21(19)24/h3-10,17,23-24,34H,11-16H2,1-2H3,(H,36,37). The predicted molar refractivity (Wildman–Crippen MR) is 149 cm³/mol. The summed E-state index contributed by atoms with van der Waals surface area (Å²) >= 11 is 1.64. The van der Waals surface area contributed by atoms with Crippen LogP contribution in [0.5, 0.6) is 5.75 Å². The number of hydrogen-bond donors (Lipinski definition) is 2. The second-order valence-electron chi connectivity index (χ2n) is 9.65. The molecule has 0 spiro atoms. The van der Waals surface area contributed by atoms with Gasteiger partial charge in [-0.15, -0.1) is 0 Å². The molecular formula is C29H31N3O6S. The summed E-state index contributed by atoms with van der Waals surface area (Å²) in [5.74, 6) is -2.16. The van der Waals surface area contributed by atoms with Crippen LogP contribution in [0.4, 0.5) is 0 Å². The second-order valence-corrected chi connectivity index (χ2v) is 10.6. The van der Waals surface area contributed by atoms with E-state index in [4.69, 9.17) is 4.74 Å². The number of aryl methyl sites for hydroxylation is 2. The van der Waals surface area contributed by atoms with Crippen LogP contribution in [0.2, 0.25) is 0 Å². The minimum absolute atomic E-state index is 0.231. The number of benzene rings is 2. The van der Waals surface area contributed by atoms with E-state index in [0.29, 0.717) is 6.42 Å². The third kappa shape index (κ3) is 4.68. The number of carboxylic acids is 1. The third-order valence-electron chi connectivity index (χ3n) is 7.52. The Hall–Kier alpha value is -3.76. The van der Waals surface area contributed by atoms with Crippen LogP contribution < -0.4 is 10.4 Å². The van der Waals surface area contributed by atoms with Gasteiger partial charge in [0, 0.05) is 19.9 Å². The minimum atomic E-state index is -1.47. The number of aromatic hydroxyl groups is 1. The number of fused-ring (bicyclic) bond motifs is 3. The fraction of sp³-hybridized carbons (Fsp3) is 0.345. The van der Waals surface area contributed by atoms with E-state index in [9.17, 15) is 24.6 Å². The van der Waals surface area contributed by atoms with Crippen LogP contribution in [0.15, 0.2) is 59.5 Å². The third-order valence-corrected chi connectivity index (χ3v) is 8.16. The average Bonchev–Trinajstić information content (AvgIpc) is 3.10. The first-order valence-corrected chi connectivity index (χ1v) is 14.2. The van der Waals surface area contributed by atoms with Crippen LogP contribution in [0.3, 0.4) is 0 Å². The van der Waals surface area contributed by atoms with Crippen LogP contribution in [-0.4, -0.2) is 70.1 Å². The topological polar surface area (TPSA) is 112 Å². The molecule has 1 amide bonds. The summed E-state index contributed by atoms with van der Waals surface area (Å²) in [6, 6.07) is 15.8. The van der Waals surface area contributed by atoms with Crippen molar-refractivity contribution in [2.45, 2.75) is 31.5 Å². The summed E-state index contributed by atoms with van der Waals surface area (Å²) in [7, 11) is 1.55. The number of nitrogens with zero attached hydrogens (tertiary/aromatic N) is 3. The maximum atomic E-state index is 13.9. The summed E-state index contributed by atoms with van der Waals surface area (Å²) in [6.45, 7) is 0.487. The van der Waals surface area contributed by atoms with E-state index in [2.05, 4.69) is 24.3 Å². The van der Waals surface area contributed by atoms with E-state index in [1.54, 1.807) is 23.8 Å². The van der Waals surface area contributed by atoms with Gasteiger partial charge in [0.15, 0.2) is 11.4 Å². The molecule has 1 aliphatic carbocycles. The maximum Gasteiger partial charge on any atom is 0.341 e. The van der Waals surface area contributed by atoms with Crippen molar-refractivity contribution in [3.05, 3.63) is 98.5 Å². The molecule has 3 aromatic rings. The summed E-state index contributed by atoms with van der Waals surface area (Å²) in [5.41, 5.74) is 2.41. The monoisotopic (exact) mass is 549 g/mol. The molecule has 0 bridgehead atoms. The Bertz CT molecular complexity index is 1420. The number of carbonyl (C=O) groups is 2. The largest absolute Gasteiger partial charge is 0.502 e. The van der Waals surface area contributed by atoms with Crippen LogP contribution >= 0.6 is 11.8 Å². The van der Waals surface area contributed by atoms with E-state index in [1.165, 1.54) is 10.9 Å². The van der Waals surface area contributed by atoms with Crippen molar-refractivity contribution in [2.75, 3.05) is 37.3 Å². The fourth-order valence-corrected chi connectivity index (χ4v) is 6.15. The molecule has 0 saturated heterocycles. The molecule has 1 atom stereocenters. The van der Waals surface area contributed by atoms with Crippen LogP contribution in [0, 0.1) is 0 Å². The molecule has 2 N–H and O–H groups in total. The number of carboxylic acid groups (broad SMARTS) is 1. The lowest BCUT2D eigenvalue weighted by Gasteiger charge is -2.50. The summed E-state index contributed by atoms with van der Waals surface area (Å²) in [6.07, 6.45) is 4.87. The van der Waals surface area contributed by atoms with Gasteiger partial charge in [-0.3, -0.25) is 19.3 Å². The van der Waals surface area contributed by atoms with Crippen molar-refractivity contribution >= 4 is 23.6 Å². The quantitative estimate of drug-likeness (QED) is 0.441. The van der Waals surface area contributed by atoms with Gasteiger partial charge in [-0.2, -0.15) is 11.8 Å². The Kier molecular flexibility index (Phi) is 7.67. The number of hydrogen-bond acceptors (Lipinski definition) is 7. The SMILES string of the molecule is COCCN1C(=O)c2c(O)c(=O)c(C(=O)O)cn2N(C2c3ccccc3CCc3ccccc32)C1CCSC. The Morgan fingerprint density at radius 1 is 1.05 bits per heavy atom. The number of ether oxygens (including phenoxy) is 1. The zero-order valence-corrected chi connectivity index (χ0v) is 22.7. The highest BCUT2D eigenvalue weighted by molar-refractivity contribution is 7.98. The summed E-state index contributed by atoms with van der Waals surface area (Å²) in [5, 5.41) is 22.8. The van der Waals surface area contributed by atoms with Crippen LogP contribution in [0.1, 0.15) is 55.6 Å². The van der Waals surface area contributed by atoms with E-state index < -0.39 is 40.8 Å².